The van der Waals surface area contributed by atoms with Crippen LogP contribution < -0.4 is 15.2 Å². The smallest absolute Gasteiger partial charge is 0.305 e. The van der Waals surface area contributed by atoms with Crippen molar-refractivity contribution in [1.82, 2.24) is 4.90 Å². The first kappa shape index (κ1) is 22.9. The summed E-state index contributed by atoms with van der Waals surface area (Å²) in [6.07, 6.45) is 4.29. The van der Waals surface area contributed by atoms with Gasteiger partial charge in [-0.25, -0.2) is 0 Å². The van der Waals surface area contributed by atoms with Crippen LogP contribution in [0.25, 0.3) is 0 Å². The molecule has 3 atom stereocenters. The summed E-state index contributed by atoms with van der Waals surface area (Å²) in [5, 5.41) is 0. The van der Waals surface area contributed by atoms with Crippen molar-refractivity contribution in [3.63, 3.8) is 0 Å². The summed E-state index contributed by atoms with van der Waals surface area (Å²) in [6.45, 7) is 7.70. The number of hydrogen-bond acceptors (Lipinski definition) is 6. The standard InChI is InChI=1S/C24H38N2O4/c1-16(2)10-18-14-26-9-7-17-12-22(28-3)23(29-4)13-20(17)21(26)11-19(18)15-30-24(27)6-5-8-25/h12-13,16,18-19,21H,5-11,14-15,25H2,1-4H3. The van der Waals surface area contributed by atoms with Gasteiger partial charge in [-0.05, 0) is 73.2 Å². The molecule has 1 aromatic rings. The number of carbonyl (C=O) groups is 1. The second-order valence-corrected chi connectivity index (χ2v) is 9.13. The number of esters is 1. The molecule has 1 fully saturated rings. The SMILES string of the molecule is COc1cc2c(cc1OC)C1CC(COC(=O)CCCN)C(CC(C)C)CN1CC2. The van der Waals surface area contributed by atoms with Crippen molar-refractivity contribution in [2.45, 2.75) is 52.0 Å². The zero-order valence-electron chi connectivity index (χ0n) is 19.0. The summed E-state index contributed by atoms with van der Waals surface area (Å²) in [7, 11) is 3.37. The molecule has 0 bridgehead atoms. The van der Waals surface area contributed by atoms with Crippen molar-refractivity contribution >= 4 is 5.97 Å². The highest BCUT2D eigenvalue weighted by Gasteiger charge is 2.40. The van der Waals surface area contributed by atoms with E-state index in [9.17, 15) is 4.79 Å². The third-order valence-electron chi connectivity index (χ3n) is 6.59. The second kappa shape index (κ2) is 10.5. The van der Waals surface area contributed by atoms with Crippen molar-refractivity contribution in [3.05, 3.63) is 23.3 Å². The van der Waals surface area contributed by atoms with Crippen molar-refractivity contribution in [2.75, 3.05) is 40.5 Å². The number of hydrogen-bond donors (Lipinski definition) is 1. The Morgan fingerprint density at radius 3 is 2.60 bits per heavy atom. The average molecular weight is 419 g/mol. The summed E-state index contributed by atoms with van der Waals surface area (Å²) in [6, 6.07) is 4.62. The van der Waals surface area contributed by atoms with Gasteiger partial charge in [0.2, 0.25) is 0 Å². The lowest BCUT2D eigenvalue weighted by Gasteiger charge is -2.47. The van der Waals surface area contributed by atoms with Crippen LogP contribution >= 0.6 is 0 Å². The Hall–Kier alpha value is -1.79. The van der Waals surface area contributed by atoms with E-state index in [-0.39, 0.29) is 5.97 Å². The Balaban J connectivity index is 1.79. The third-order valence-corrected chi connectivity index (χ3v) is 6.59. The third kappa shape index (κ3) is 5.27. The Kier molecular flexibility index (Phi) is 8.00. The fraction of sp³-hybridized carbons (Fsp3) is 0.708. The van der Waals surface area contributed by atoms with Gasteiger partial charge >= 0.3 is 5.97 Å². The molecular weight excluding hydrogens is 380 g/mol. The van der Waals surface area contributed by atoms with Gasteiger partial charge in [-0.1, -0.05) is 13.8 Å². The minimum Gasteiger partial charge on any atom is -0.493 e. The van der Waals surface area contributed by atoms with Crippen LogP contribution in [-0.4, -0.2) is 51.3 Å². The lowest BCUT2D eigenvalue weighted by molar-refractivity contribution is -0.147. The van der Waals surface area contributed by atoms with Gasteiger partial charge in [-0.15, -0.1) is 0 Å². The molecule has 0 amide bonds. The zero-order chi connectivity index (χ0) is 21.7. The van der Waals surface area contributed by atoms with Crippen molar-refractivity contribution < 1.29 is 19.0 Å². The van der Waals surface area contributed by atoms with E-state index in [0.717, 1.165) is 43.9 Å². The van der Waals surface area contributed by atoms with E-state index in [0.29, 0.717) is 49.8 Å². The molecule has 6 nitrogen and oxygen atoms in total. The van der Waals surface area contributed by atoms with Crippen LogP contribution in [-0.2, 0) is 16.0 Å². The van der Waals surface area contributed by atoms with E-state index < -0.39 is 0 Å². The van der Waals surface area contributed by atoms with Crippen molar-refractivity contribution in [2.24, 2.45) is 23.5 Å². The van der Waals surface area contributed by atoms with Gasteiger partial charge in [0.15, 0.2) is 11.5 Å². The topological polar surface area (TPSA) is 74.0 Å². The summed E-state index contributed by atoms with van der Waals surface area (Å²) >= 11 is 0. The molecule has 2 N–H and O–H groups in total. The highest BCUT2D eigenvalue weighted by molar-refractivity contribution is 5.69. The first-order valence-corrected chi connectivity index (χ1v) is 11.3. The monoisotopic (exact) mass is 418 g/mol. The number of benzene rings is 1. The molecule has 0 spiro atoms. The van der Waals surface area contributed by atoms with E-state index in [4.69, 9.17) is 19.9 Å². The quantitative estimate of drug-likeness (QED) is 0.618. The first-order chi connectivity index (χ1) is 14.5. The number of carbonyl (C=O) groups excluding carboxylic acids is 1. The average Bonchev–Trinajstić information content (AvgIpc) is 2.74. The molecule has 6 heteroatoms. The molecule has 2 heterocycles. The van der Waals surface area contributed by atoms with Crippen LogP contribution in [0.2, 0.25) is 0 Å². The van der Waals surface area contributed by atoms with E-state index >= 15 is 0 Å². The molecule has 3 rings (SSSR count). The van der Waals surface area contributed by atoms with Crippen LogP contribution in [0.15, 0.2) is 12.1 Å². The van der Waals surface area contributed by atoms with Gasteiger partial charge in [-0.3, -0.25) is 9.69 Å². The molecule has 168 valence electrons. The fourth-order valence-corrected chi connectivity index (χ4v) is 5.10. The highest BCUT2D eigenvalue weighted by atomic mass is 16.5. The van der Waals surface area contributed by atoms with Crippen LogP contribution in [0.3, 0.4) is 0 Å². The minimum absolute atomic E-state index is 0.123. The number of fused-ring (bicyclic) bond motifs is 3. The fourth-order valence-electron chi connectivity index (χ4n) is 5.10. The maximum absolute atomic E-state index is 12.1. The van der Waals surface area contributed by atoms with Gasteiger partial charge in [0, 0.05) is 25.6 Å². The molecule has 3 unspecified atom stereocenters. The molecule has 0 radical (unpaired) electrons. The van der Waals surface area contributed by atoms with E-state index in [1.807, 2.05) is 0 Å². The van der Waals surface area contributed by atoms with E-state index in [1.54, 1.807) is 14.2 Å². The molecule has 2 aliphatic rings. The number of ether oxygens (including phenoxy) is 3. The maximum atomic E-state index is 12.1. The maximum Gasteiger partial charge on any atom is 0.305 e. The van der Waals surface area contributed by atoms with Gasteiger partial charge < -0.3 is 19.9 Å². The van der Waals surface area contributed by atoms with E-state index in [2.05, 4.69) is 30.9 Å². The summed E-state index contributed by atoms with van der Waals surface area (Å²) in [4.78, 5) is 14.7. The normalized spacial score (nSPS) is 23.6. The minimum atomic E-state index is -0.123. The molecule has 30 heavy (non-hydrogen) atoms. The van der Waals surface area contributed by atoms with Gasteiger partial charge in [0.25, 0.3) is 0 Å². The predicted molar refractivity (Wildman–Crippen MR) is 118 cm³/mol. The first-order valence-electron chi connectivity index (χ1n) is 11.3. The Bertz CT molecular complexity index is 721. The van der Waals surface area contributed by atoms with Gasteiger partial charge in [0.1, 0.15) is 0 Å². The largest absolute Gasteiger partial charge is 0.493 e. The van der Waals surface area contributed by atoms with Crippen LogP contribution in [0, 0.1) is 17.8 Å². The zero-order valence-corrected chi connectivity index (χ0v) is 19.0. The summed E-state index contributed by atoms with van der Waals surface area (Å²) in [5.74, 6) is 3.00. The molecule has 0 aliphatic carbocycles. The Labute approximate surface area is 181 Å². The molecular formula is C24H38N2O4. The van der Waals surface area contributed by atoms with Crippen LogP contribution in [0.1, 0.15) is 56.7 Å². The summed E-state index contributed by atoms with van der Waals surface area (Å²) in [5.41, 5.74) is 8.20. The molecule has 0 aromatic heterocycles. The van der Waals surface area contributed by atoms with E-state index in [1.165, 1.54) is 11.1 Å². The lowest BCUT2D eigenvalue weighted by Crippen LogP contribution is -2.47. The van der Waals surface area contributed by atoms with Crippen molar-refractivity contribution in [3.8, 4) is 11.5 Å². The number of nitrogens with two attached hydrogens (primary N) is 1. The number of nitrogens with zero attached hydrogens (tertiary/aromatic N) is 1. The number of methoxy groups -OCH3 is 2. The predicted octanol–water partition coefficient (Wildman–Crippen LogP) is 3.57. The summed E-state index contributed by atoms with van der Waals surface area (Å²) < 4.78 is 16.8. The number of piperidine rings is 1. The highest BCUT2D eigenvalue weighted by Crippen LogP contribution is 2.45. The number of rotatable bonds is 9. The Morgan fingerprint density at radius 1 is 1.20 bits per heavy atom. The second-order valence-electron chi connectivity index (χ2n) is 9.13. The van der Waals surface area contributed by atoms with Crippen LogP contribution in [0.5, 0.6) is 11.5 Å². The molecule has 0 saturated carbocycles. The molecule has 1 aromatic carbocycles. The Morgan fingerprint density at radius 2 is 1.93 bits per heavy atom. The van der Waals surface area contributed by atoms with Crippen LogP contribution in [0.4, 0.5) is 0 Å². The van der Waals surface area contributed by atoms with Gasteiger partial charge in [0.05, 0.1) is 20.8 Å². The van der Waals surface area contributed by atoms with Gasteiger partial charge in [-0.2, -0.15) is 0 Å². The molecule has 1 saturated heterocycles. The van der Waals surface area contributed by atoms with Crippen molar-refractivity contribution in [1.29, 1.82) is 0 Å². The lowest BCUT2D eigenvalue weighted by atomic mass is 9.74. The molecule has 2 aliphatic heterocycles.